The predicted molar refractivity (Wildman–Crippen MR) is 100 cm³/mol. The van der Waals surface area contributed by atoms with Crippen LogP contribution in [0.25, 0.3) is 0 Å². The highest BCUT2D eigenvalue weighted by Gasteiger charge is 2.31. The Bertz CT molecular complexity index is 669. The van der Waals surface area contributed by atoms with Gasteiger partial charge in [0, 0.05) is 31.0 Å². The van der Waals surface area contributed by atoms with Gasteiger partial charge in [0.05, 0.1) is 19.6 Å². The molecule has 1 aromatic carbocycles. The molecule has 2 atom stereocenters. The summed E-state index contributed by atoms with van der Waals surface area (Å²) in [5, 5.41) is 2.02. The minimum absolute atomic E-state index is 0.202. The van der Waals surface area contributed by atoms with E-state index in [1.807, 2.05) is 34.5 Å². The van der Waals surface area contributed by atoms with Gasteiger partial charge in [-0.05, 0) is 42.0 Å². The van der Waals surface area contributed by atoms with Crippen LogP contribution in [0.3, 0.4) is 0 Å². The minimum atomic E-state index is 0.202. The smallest absolute Gasteiger partial charge is 0.227 e. The van der Waals surface area contributed by atoms with Crippen LogP contribution < -0.4 is 4.74 Å². The molecule has 0 radical (unpaired) electrons. The fraction of sp³-hybridized carbons (Fsp3) is 0.450. The lowest BCUT2D eigenvalue weighted by molar-refractivity contribution is -0.134. The van der Waals surface area contributed by atoms with E-state index in [9.17, 15) is 4.79 Å². The highest BCUT2D eigenvalue weighted by molar-refractivity contribution is 7.10. The molecule has 1 fully saturated rings. The molecule has 0 spiro atoms. The highest BCUT2D eigenvalue weighted by Crippen LogP contribution is 2.25. The quantitative estimate of drug-likeness (QED) is 0.793. The summed E-state index contributed by atoms with van der Waals surface area (Å²) in [5.41, 5.74) is 1.25. The molecular formula is C20H25NO3S. The van der Waals surface area contributed by atoms with Gasteiger partial charge < -0.3 is 14.4 Å². The standard InChI is InChI=1S/C20H25NO3S/c1-23-17-7-5-15(6-8-17)12-16-14-21(10-9-19(16)24-2)20(22)13-18-4-3-11-25-18/h3-8,11,16,19H,9-10,12-14H2,1-2H3/t16-,19+/m1/s1. The average Bonchev–Trinajstić information content (AvgIpc) is 3.15. The van der Waals surface area contributed by atoms with E-state index in [4.69, 9.17) is 9.47 Å². The third-order valence-corrected chi connectivity index (χ3v) is 5.76. The van der Waals surface area contributed by atoms with Gasteiger partial charge in [-0.25, -0.2) is 0 Å². The molecule has 1 amide bonds. The molecule has 3 rings (SSSR count). The summed E-state index contributed by atoms with van der Waals surface area (Å²) in [4.78, 5) is 15.8. The molecule has 134 valence electrons. The molecule has 1 aliphatic rings. The van der Waals surface area contributed by atoms with Crippen molar-refractivity contribution in [3.63, 3.8) is 0 Å². The number of rotatable bonds is 6. The third kappa shape index (κ3) is 4.61. The Morgan fingerprint density at radius 2 is 2.04 bits per heavy atom. The number of benzene rings is 1. The summed E-state index contributed by atoms with van der Waals surface area (Å²) in [6.07, 6.45) is 2.51. The molecule has 2 heterocycles. The van der Waals surface area contributed by atoms with Gasteiger partial charge in [-0.2, -0.15) is 0 Å². The van der Waals surface area contributed by atoms with E-state index in [0.717, 1.165) is 36.6 Å². The van der Waals surface area contributed by atoms with E-state index in [1.165, 1.54) is 5.56 Å². The molecule has 0 N–H and O–H groups in total. The van der Waals surface area contributed by atoms with Crippen molar-refractivity contribution in [2.75, 3.05) is 27.3 Å². The normalized spacial score (nSPS) is 20.5. The van der Waals surface area contributed by atoms with Gasteiger partial charge in [0.1, 0.15) is 5.75 Å². The Morgan fingerprint density at radius 3 is 2.68 bits per heavy atom. The molecule has 1 aliphatic heterocycles. The third-order valence-electron chi connectivity index (χ3n) is 4.88. The van der Waals surface area contributed by atoms with E-state index in [-0.39, 0.29) is 12.0 Å². The Balaban J connectivity index is 1.64. The first-order valence-electron chi connectivity index (χ1n) is 8.65. The number of ether oxygens (including phenoxy) is 2. The first-order valence-corrected chi connectivity index (χ1v) is 9.53. The Morgan fingerprint density at radius 1 is 1.24 bits per heavy atom. The number of thiophene rings is 1. The summed E-state index contributed by atoms with van der Waals surface area (Å²) in [5.74, 6) is 1.40. The lowest BCUT2D eigenvalue weighted by Crippen LogP contribution is -2.47. The first kappa shape index (κ1) is 18.0. The van der Waals surface area contributed by atoms with Crippen molar-refractivity contribution in [3.05, 3.63) is 52.2 Å². The van der Waals surface area contributed by atoms with Gasteiger partial charge >= 0.3 is 0 Å². The summed E-state index contributed by atoms with van der Waals surface area (Å²) in [6.45, 7) is 1.54. The van der Waals surface area contributed by atoms with Crippen LogP contribution in [0.4, 0.5) is 0 Å². The molecule has 0 bridgehead atoms. The maximum atomic E-state index is 12.6. The van der Waals surface area contributed by atoms with Crippen molar-refractivity contribution in [3.8, 4) is 5.75 Å². The van der Waals surface area contributed by atoms with E-state index < -0.39 is 0 Å². The van der Waals surface area contributed by atoms with Gasteiger partial charge in [0.2, 0.25) is 5.91 Å². The van der Waals surface area contributed by atoms with Crippen LogP contribution >= 0.6 is 11.3 Å². The van der Waals surface area contributed by atoms with Crippen molar-refractivity contribution in [1.29, 1.82) is 0 Å². The number of carbonyl (C=O) groups excluding carboxylic acids is 1. The molecule has 5 heteroatoms. The lowest BCUT2D eigenvalue weighted by atomic mass is 9.88. The van der Waals surface area contributed by atoms with Crippen LogP contribution in [0.15, 0.2) is 41.8 Å². The van der Waals surface area contributed by atoms with Gasteiger partial charge in [-0.15, -0.1) is 11.3 Å². The summed E-state index contributed by atoms with van der Waals surface area (Å²) in [6, 6.07) is 12.2. The first-order chi connectivity index (χ1) is 12.2. The Labute approximate surface area is 153 Å². The fourth-order valence-electron chi connectivity index (χ4n) is 3.48. The monoisotopic (exact) mass is 359 g/mol. The molecule has 1 aromatic heterocycles. The number of piperidine rings is 1. The zero-order chi connectivity index (χ0) is 17.6. The molecule has 0 unspecified atom stereocenters. The molecule has 4 nitrogen and oxygen atoms in total. The molecule has 0 saturated carbocycles. The van der Waals surface area contributed by atoms with E-state index in [0.29, 0.717) is 12.3 Å². The van der Waals surface area contributed by atoms with Crippen LogP contribution in [0.2, 0.25) is 0 Å². The minimum Gasteiger partial charge on any atom is -0.497 e. The molecule has 0 aliphatic carbocycles. The predicted octanol–water partition coefficient (Wildman–Crippen LogP) is 3.41. The van der Waals surface area contributed by atoms with Crippen molar-refractivity contribution in [2.24, 2.45) is 5.92 Å². The summed E-state index contributed by atoms with van der Waals surface area (Å²) in [7, 11) is 3.45. The van der Waals surface area contributed by atoms with Crippen molar-refractivity contribution in [1.82, 2.24) is 4.90 Å². The number of hydrogen-bond acceptors (Lipinski definition) is 4. The van der Waals surface area contributed by atoms with Gasteiger partial charge in [0.15, 0.2) is 0 Å². The lowest BCUT2D eigenvalue weighted by Gasteiger charge is -2.38. The summed E-state index contributed by atoms with van der Waals surface area (Å²) >= 11 is 1.64. The van der Waals surface area contributed by atoms with Crippen molar-refractivity contribution >= 4 is 17.2 Å². The van der Waals surface area contributed by atoms with Gasteiger partial charge in [-0.1, -0.05) is 18.2 Å². The second-order valence-electron chi connectivity index (χ2n) is 6.47. The van der Waals surface area contributed by atoms with E-state index in [2.05, 4.69) is 12.1 Å². The second kappa shape index (κ2) is 8.50. The van der Waals surface area contributed by atoms with E-state index in [1.54, 1.807) is 25.6 Å². The number of carbonyl (C=O) groups is 1. The topological polar surface area (TPSA) is 38.8 Å². The average molecular weight is 359 g/mol. The van der Waals surface area contributed by atoms with Crippen LogP contribution in [0.5, 0.6) is 5.75 Å². The van der Waals surface area contributed by atoms with Crippen LogP contribution in [0, 0.1) is 5.92 Å². The number of nitrogens with zero attached hydrogens (tertiary/aromatic N) is 1. The van der Waals surface area contributed by atoms with Gasteiger partial charge in [0.25, 0.3) is 0 Å². The Hall–Kier alpha value is -1.85. The highest BCUT2D eigenvalue weighted by atomic mass is 32.1. The maximum absolute atomic E-state index is 12.6. The largest absolute Gasteiger partial charge is 0.497 e. The van der Waals surface area contributed by atoms with Crippen molar-refractivity contribution in [2.45, 2.75) is 25.4 Å². The van der Waals surface area contributed by atoms with Crippen LogP contribution in [-0.2, 0) is 22.4 Å². The maximum Gasteiger partial charge on any atom is 0.227 e. The zero-order valence-electron chi connectivity index (χ0n) is 14.8. The Kier molecular flexibility index (Phi) is 6.10. The number of methoxy groups -OCH3 is 2. The van der Waals surface area contributed by atoms with Crippen LogP contribution in [0.1, 0.15) is 16.9 Å². The number of hydrogen-bond donors (Lipinski definition) is 0. The van der Waals surface area contributed by atoms with Crippen molar-refractivity contribution < 1.29 is 14.3 Å². The molecule has 1 saturated heterocycles. The van der Waals surface area contributed by atoms with E-state index >= 15 is 0 Å². The van der Waals surface area contributed by atoms with Crippen LogP contribution in [-0.4, -0.2) is 44.2 Å². The zero-order valence-corrected chi connectivity index (χ0v) is 15.6. The molecule has 2 aromatic rings. The fourth-order valence-corrected chi connectivity index (χ4v) is 4.18. The van der Waals surface area contributed by atoms with Gasteiger partial charge in [-0.3, -0.25) is 4.79 Å². The second-order valence-corrected chi connectivity index (χ2v) is 7.50. The number of likely N-dealkylation sites (tertiary alicyclic amines) is 1. The number of amides is 1. The SMILES string of the molecule is COc1ccc(C[C@@H]2CN(C(=O)Cc3cccs3)CC[C@@H]2OC)cc1. The molecule has 25 heavy (non-hydrogen) atoms. The molecular weight excluding hydrogens is 334 g/mol. The summed E-state index contributed by atoms with van der Waals surface area (Å²) < 4.78 is 10.9.